The predicted molar refractivity (Wildman–Crippen MR) is 127 cm³/mol. The topological polar surface area (TPSA) is 87.2 Å². The number of amides is 1. The maximum Gasteiger partial charge on any atom is 0.407 e. The number of nitrogens with one attached hydrogen (secondary N) is 3. The van der Waals surface area contributed by atoms with Crippen LogP contribution >= 0.6 is 24.0 Å². The number of likely N-dealkylation sites (N-methyl/N-ethyl adjacent to an activating group) is 1. The van der Waals surface area contributed by atoms with E-state index >= 15 is 0 Å². The van der Waals surface area contributed by atoms with E-state index in [1.54, 1.807) is 14.0 Å². The monoisotopic (exact) mass is 515 g/mol. The summed E-state index contributed by atoms with van der Waals surface area (Å²) in [5.41, 5.74) is 0. The molecule has 0 spiro atoms. The molecule has 0 saturated heterocycles. The zero-order chi connectivity index (χ0) is 20.5. The van der Waals surface area contributed by atoms with Crippen molar-refractivity contribution in [2.75, 3.05) is 60.1 Å². The van der Waals surface area contributed by atoms with E-state index in [4.69, 9.17) is 9.47 Å². The quantitative estimate of drug-likeness (QED) is 0.143. The Labute approximate surface area is 188 Å². The van der Waals surface area contributed by atoms with Gasteiger partial charge in [-0.05, 0) is 39.7 Å². The van der Waals surface area contributed by atoms with Crippen molar-refractivity contribution in [3.8, 4) is 0 Å². The number of guanidine groups is 1. The standard InChI is InChI=1S/C19H41N5O3.HI/c1-7-20-18(21-10-12-24(5)11-9-13-26-6)22-15-17(14-16(3)4)23-19(25)27-8-2;/h16-17H,7-15H2,1-6H3,(H,23,25)(H2,20,21,22);1H. The summed E-state index contributed by atoms with van der Waals surface area (Å²) in [4.78, 5) is 18.6. The number of methoxy groups -OCH3 is 1. The van der Waals surface area contributed by atoms with Gasteiger partial charge in [-0.1, -0.05) is 13.8 Å². The van der Waals surface area contributed by atoms with Gasteiger partial charge in [-0.3, -0.25) is 4.99 Å². The average Bonchev–Trinajstić information content (AvgIpc) is 2.59. The van der Waals surface area contributed by atoms with Gasteiger partial charge in [0.1, 0.15) is 0 Å². The van der Waals surface area contributed by atoms with Crippen LogP contribution in [0.2, 0.25) is 0 Å². The molecule has 0 aromatic rings. The van der Waals surface area contributed by atoms with Gasteiger partial charge in [0.15, 0.2) is 5.96 Å². The van der Waals surface area contributed by atoms with Crippen molar-refractivity contribution in [2.45, 2.75) is 46.6 Å². The summed E-state index contributed by atoms with van der Waals surface area (Å²) in [5.74, 6) is 1.23. The first-order valence-electron chi connectivity index (χ1n) is 10.1. The van der Waals surface area contributed by atoms with Crippen LogP contribution in [0.3, 0.4) is 0 Å². The lowest BCUT2D eigenvalue weighted by molar-refractivity contribution is 0.147. The molecule has 0 radical (unpaired) electrons. The van der Waals surface area contributed by atoms with Crippen LogP contribution in [0.25, 0.3) is 0 Å². The van der Waals surface area contributed by atoms with Crippen molar-refractivity contribution < 1.29 is 14.3 Å². The molecule has 28 heavy (non-hydrogen) atoms. The maximum atomic E-state index is 11.7. The van der Waals surface area contributed by atoms with Gasteiger partial charge < -0.3 is 30.3 Å². The van der Waals surface area contributed by atoms with E-state index < -0.39 is 0 Å². The second-order valence-electron chi connectivity index (χ2n) is 6.99. The third kappa shape index (κ3) is 17.3. The summed E-state index contributed by atoms with van der Waals surface area (Å²) in [7, 11) is 3.83. The Morgan fingerprint density at radius 3 is 2.46 bits per heavy atom. The number of aliphatic imine (C=N–C) groups is 1. The van der Waals surface area contributed by atoms with Crippen molar-refractivity contribution in [1.82, 2.24) is 20.9 Å². The molecule has 0 aliphatic carbocycles. The molecule has 168 valence electrons. The number of rotatable bonds is 14. The van der Waals surface area contributed by atoms with Crippen LogP contribution in [-0.4, -0.2) is 83.1 Å². The molecule has 9 heteroatoms. The molecule has 0 aromatic heterocycles. The Morgan fingerprint density at radius 1 is 1.18 bits per heavy atom. The van der Waals surface area contributed by atoms with Crippen LogP contribution in [0.15, 0.2) is 4.99 Å². The average molecular weight is 515 g/mol. The summed E-state index contributed by atoms with van der Waals surface area (Å²) in [5, 5.41) is 9.51. The van der Waals surface area contributed by atoms with Crippen LogP contribution in [0.1, 0.15) is 40.5 Å². The molecule has 0 heterocycles. The molecule has 0 fully saturated rings. The normalized spacial score (nSPS) is 12.5. The number of halogens is 1. The van der Waals surface area contributed by atoms with Crippen LogP contribution < -0.4 is 16.0 Å². The Balaban J connectivity index is 0. The highest BCUT2D eigenvalue weighted by molar-refractivity contribution is 14.0. The minimum atomic E-state index is -0.381. The van der Waals surface area contributed by atoms with Crippen LogP contribution in [0, 0.1) is 5.92 Å². The zero-order valence-corrected chi connectivity index (χ0v) is 20.9. The SMILES string of the molecule is CCNC(=NCC(CC(C)C)NC(=O)OCC)NCCN(C)CCCOC.I. The van der Waals surface area contributed by atoms with Gasteiger partial charge in [-0.25, -0.2) is 4.79 Å². The first-order chi connectivity index (χ1) is 12.9. The fourth-order valence-electron chi connectivity index (χ4n) is 2.59. The number of nitrogens with zero attached hydrogens (tertiary/aromatic N) is 2. The lowest BCUT2D eigenvalue weighted by Gasteiger charge is -2.20. The number of alkyl carbamates (subject to hydrolysis) is 1. The van der Waals surface area contributed by atoms with Crippen molar-refractivity contribution in [3.05, 3.63) is 0 Å². The molecule has 0 bridgehead atoms. The van der Waals surface area contributed by atoms with E-state index in [9.17, 15) is 4.79 Å². The molecule has 0 saturated carbocycles. The lowest BCUT2D eigenvalue weighted by Crippen LogP contribution is -2.43. The smallest absolute Gasteiger partial charge is 0.407 e. The van der Waals surface area contributed by atoms with E-state index in [2.05, 4.69) is 46.7 Å². The highest BCUT2D eigenvalue weighted by Gasteiger charge is 2.14. The molecule has 3 N–H and O–H groups in total. The fraction of sp³-hybridized carbons (Fsp3) is 0.895. The zero-order valence-electron chi connectivity index (χ0n) is 18.5. The molecular weight excluding hydrogens is 473 g/mol. The van der Waals surface area contributed by atoms with Crippen LogP contribution in [0.5, 0.6) is 0 Å². The fourth-order valence-corrected chi connectivity index (χ4v) is 2.59. The van der Waals surface area contributed by atoms with Crippen molar-refractivity contribution in [1.29, 1.82) is 0 Å². The first kappa shape index (κ1) is 29.4. The second kappa shape index (κ2) is 19.5. The van der Waals surface area contributed by atoms with Crippen LogP contribution in [0.4, 0.5) is 4.79 Å². The number of hydrogen-bond donors (Lipinski definition) is 3. The molecule has 1 amide bonds. The van der Waals surface area contributed by atoms with E-state index in [0.29, 0.717) is 19.1 Å². The predicted octanol–water partition coefficient (Wildman–Crippen LogP) is 2.29. The van der Waals surface area contributed by atoms with Gasteiger partial charge >= 0.3 is 6.09 Å². The number of carbonyl (C=O) groups is 1. The highest BCUT2D eigenvalue weighted by atomic mass is 127. The summed E-state index contributed by atoms with van der Waals surface area (Å²) in [6.07, 6.45) is 1.50. The van der Waals surface area contributed by atoms with Crippen molar-refractivity contribution in [2.24, 2.45) is 10.9 Å². The van der Waals surface area contributed by atoms with E-state index in [1.165, 1.54) is 0 Å². The van der Waals surface area contributed by atoms with E-state index in [1.807, 2.05) is 6.92 Å². The number of ether oxygens (including phenoxy) is 2. The van der Waals surface area contributed by atoms with Crippen molar-refractivity contribution >= 4 is 36.0 Å². The lowest BCUT2D eigenvalue weighted by atomic mass is 10.0. The van der Waals surface area contributed by atoms with Gasteiger partial charge in [-0.15, -0.1) is 24.0 Å². The Bertz CT molecular complexity index is 411. The minimum Gasteiger partial charge on any atom is -0.450 e. The minimum absolute atomic E-state index is 0. The summed E-state index contributed by atoms with van der Waals surface area (Å²) in [6, 6.07) is -0.0452. The Kier molecular flexibility index (Phi) is 20.5. The Hall–Kier alpha value is -0.810. The Morgan fingerprint density at radius 2 is 1.89 bits per heavy atom. The highest BCUT2D eigenvalue weighted by Crippen LogP contribution is 2.05. The molecule has 0 aromatic carbocycles. The summed E-state index contributed by atoms with van der Waals surface area (Å²) in [6.45, 7) is 13.3. The van der Waals surface area contributed by atoms with Gasteiger partial charge in [0, 0.05) is 39.9 Å². The first-order valence-corrected chi connectivity index (χ1v) is 10.1. The maximum absolute atomic E-state index is 11.7. The van der Waals surface area contributed by atoms with Crippen molar-refractivity contribution in [3.63, 3.8) is 0 Å². The summed E-state index contributed by atoms with van der Waals surface area (Å²) >= 11 is 0. The van der Waals surface area contributed by atoms with Gasteiger partial charge in [0.25, 0.3) is 0 Å². The largest absolute Gasteiger partial charge is 0.450 e. The van der Waals surface area contributed by atoms with Gasteiger partial charge in [0.05, 0.1) is 19.2 Å². The van der Waals surface area contributed by atoms with Gasteiger partial charge in [0.2, 0.25) is 0 Å². The molecular formula is C19H42IN5O3. The molecule has 1 unspecified atom stereocenters. The number of carbonyl (C=O) groups excluding carboxylic acids is 1. The third-order valence-corrected chi connectivity index (χ3v) is 3.84. The summed E-state index contributed by atoms with van der Waals surface area (Å²) < 4.78 is 10.1. The van der Waals surface area contributed by atoms with E-state index in [0.717, 1.165) is 51.6 Å². The molecule has 0 aliphatic heterocycles. The molecule has 8 nitrogen and oxygen atoms in total. The molecule has 0 rings (SSSR count). The number of hydrogen-bond acceptors (Lipinski definition) is 5. The van der Waals surface area contributed by atoms with Crippen LogP contribution in [-0.2, 0) is 9.47 Å². The molecule has 1 atom stereocenters. The second-order valence-corrected chi connectivity index (χ2v) is 6.99. The van der Waals surface area contributed by atoms with Gasteiger partial charge in [-0.2, -0.15) is 0 Å². The molecule has 0 aliphatic rings. The van der Waals surface area contributed by atoms with E-state index in [-0.39, 0.29) is 36.1 Å². The third-order valence-electron chi connectivity index (χ3n) is 3.84.